The molecule has 0 radical (unpaired) electrons. The van der Waals surface area contributed by atoms with Crippen LogP contribution in [0.1, 0.15) is 46.6 Å². The largest absolute Gasteiger partial charge is 0.333 e. The topological polar surface area (TPSA) is 66.1 Å². The van der Waals surface area contributed by atoms with Crippen LogP contribution in [-0.2, 0) is 17.8 Å². The smallest absolute Gasteiger partial charge is 0.274 e. The van der Waals surface area contributed by atoms with Gasteiger partial charge < -0.3 is 4.90 Å². The van der Waals surface area contributed by atoms with Gasteiger partial charge in [0.1, 0.15) is 5.69 Å². The van der Waals surface area contributed by atoms with Crippen LogP contribution in [0.4, 0.5) is 0 Å². The third-order valence-electron chi connectivity index (χ3n) is 5.01. The molecule has 2 aliphatic rings. The van der Waals surface area contributed by atoms with Gasteiger partial charge in [-0.2, -0.15) is 5.10 Å². The van der Waals surface area contributed by atoms with Crippen LogP contribution in [0.25, 0.3) is 0 Å². The number of hydrogen-bond donors (Lipinski definition) is 1. The van der Waals surface area contributed by atoms with E-state index in [1.807, 2.05) is 30.0 Å². The lowest BCUT2D eigenvalue weighted by Gasteiger charge is -2.32. The van der Waals surface area contributed by atoms with Gasteiger partial charge >= 0.3 is 0 Å². The second-order valence-electron chi connectivity index (χ2n) is 6.98. The highest BCUT2D eigenvalue weighted by atomic mass is 32.2. The number of amides is 1. The molecule has 1 fully saturated rings. The highest BCUT2D eigenvalue weighted by Crippen LogP contribution is 2.36. The van der Waals surface area contributed by atoms with E-state index in [9.17, 15) is 9.59 Å². The number of thioether (sulfide) groups is 1. The van der Waals surface area contributed by atoms with E-state index in [-0.39, 0.29) is 11.0 Å². The number of aryl methyl sites for hydroxylation is 1. The standard InChI is InChI=1S/C19H21N3O2S/c1-12-8-16(21-20-12)19(24)22(10-13-4-2-5-13)11-15-7-3-6-14-9-17(23)25-18(14)15/h3,6-8,13H,2,4-5,9-11H2,1H3,(H,20,21). The number of nitrogens with zero attached hydrogens (tertiary/aromatic N) is 2. The third-order valence-corrected chi connectivity index (χ3v) is 6.11. The number of benzene rings is 1. The minimum Gasteiger partial charge on any atom is -0.333 e. The predicted molar refractivity (Wildman–Crippen MR) is 96.4 cm³/mol. The molecule has 25 heavy (non-hydrogen) atoms. The summed E-state index contributed by atoms with van der Waals surface area (Å²) in [4.78, 5) is 27.7. The van der Waals surface area contributed by atoms with Gasteiger partial charge in [-0.25, -0.2) is 0 Å². The quantitative estimate of drug-likeness (QED) is 0.893. The number of rotatable bonds is 5. The van der Waals surface area contributed by atoms with E-state index in [1.165, 1.54) is 31.0 Å². The number of aromatic amines is 1. The van der Waals surface area contributed by atoms with Gasteiger partial charge in [0.2, 0.25) is 0 Å². The van der Waals surface area contributed by atoms with E-state index in [0.29, 0.717) is 24.6 Å². The number of fused-ring (bicyclic) bond motifs is 1. The Morgan fingerprint density at radius 1 is 1.40 bits per heavy atom. The van der Waals surface area contributed by atoms with E-state index in [1.54, 1.807) is 6.07 Å². The molecule has 1 aliphatic carbocycles. The van der Waals surface area contributed by atoms with Crippen LogP contribution in [0.2, 0.25) is 0 Å². The van der Waals surface area contributed by atoms with Crippen molar-refractivity contribution in [3.63, 3.8) is 0 Å². The van der Waals surface area contributed by atoms with Gasteiger partial charge in [0.15, 0.2) is 5.12 Å². The maximum Gasteiger partial charge on any atom is 0.274 e. The first-order valence-electron chi connectivity index (χ1n) is 8.73. The Morgan fingerprint density at radius 2 is 2.24 bits per heavy atom. The summed E-state index contributed by atoms with van der Waals surface area (Å²) in [5.74, 6) is 0.540. The van der Waals surface area contributed by atoms with Gasteiger partial charge in [0, 0.05) is 30.1 Å². The fraction of sp³-hybridized carbons (Fsp3) is 0.421. The molecule has 1 amide bonds. The normalized spacial score (nSPS) is 16.6. The first-order chi connectivity index (χ1) is 12.1. The lowest BCUT2D eigenvalue weighted by Crippen LogP contribution is -2.37. The average molecular weight is 355 g/mol. The second kappa shape index (κ2) is 6.67. The molecule has 0 atom stereocenters. The second-order valence-corrected chi connectivity index (χ2v) is 8.04. The van der Waals surface area contributed by atoms with Gasteiger partial charge in [0.25, 0.3) is 5.91 Å². The summed E-state index contributed by atoms with van der Waals surface area (Å²) in [6.45, 7) is 3.18. The molecular weight excluding hydrogens is 334 g/mol. The van der Waals surface area contributed by atoms with Crippen LogP contribution >= 0.6 is 11.8 Å². The molecule has 0 unspecified atom stereocenters. The molecule has 0 spiro atoms. The summed E-state index contributed by atoms with van der Waals surface area (Å²) >= 11 is 1.31. The Balaban J connectivity index is 1.59. The number of hydrogen-bond acceptors (Lipinski definition) is 4. The van der Waals surface area contributed by atoms with Crippen molar-refractivity contribution in [3.05, 3.63) is 46.8 Å². The monoisotopic (exact) mass is 355 g/mol. The molecule has 4 rings (SSSR count). The molecule has 0 saturated heterocycles. The highest BCUT2D eigenvalue weighted by Gasteiger charge is 2.28. The first kappa shape index (κ1) is 16.4. The fourth-order valence-electron chi connectivity index (χ4n) is 3.44. The van der Waals surface area contributed by atoms with Crippen molar-refractivity contribution >= 4 is 22.8 Å². The van der Waals surface area contributed by atoms with Gasteiger partial charge in [0.05, 0.1) is 0 Å². The maximum atomic E-state index is 13.0. The fourth-order valence-corrected chi connectivity index (χ4v) is 4.43. The number of nitrogens with one attached hydrogen (secondary N) is 1. The molecule has 2 aromatic rings. The highest BCUT2D eigenvalue weighted by molar-refractivity contribution is 8.14. The zero-order chi connectivity index (χ0) is 17.4. The molecule has 6 heteroatoms. The molecule has 1 aromatic heterocycles. The van der Waals surface area contributed by atoms with Crippen LogP contribution in [0.15, 0.2) is 29.2 Å². The van der Waals surface area contributed by atoms with Crippen molar-refractivity contribution in [2.45, 2.75) is 44.0 Å². The van der Waals surface area contributed by atoms with Crippen molar-refractivity contribution in [2.75, 3.05) is 6.54 Å². The summed E-state index contributed by atoms with van der Waals surface area (Å²) in [6, 6.07) is 7.81. The molecule has 1 aliphatic heterocycles. The van der Waals surface area contributed by atoms with E-state index < -0.39 is 0 Å². The average Bonchev–Trinajstić information content (AvgIpc) is 3.14. The van der Waals surface area contributed by atoms with Crippen LogP contribution < -0.4 is 0 Å². The van der Waals surface area contributed by atoms with Crippen molar-refractivity contribution in [1.82, 2.24) is 15.1 Å². The van der Waals surface area contributed by atoms with Crippen LogP contribution in [0.3, 0.4) is 0 Å². The number of H-pyrrole nitrogens is 1. The Bertz CT molecular complexity index is 826. The number of carbonyl (C=O) groups excluding carboxylic acids is 2. The lowest BCUT2D eigenvalue weighted by atomic mass is 9.85. The molecule has 5 nitrogen and oxygen atoms in total. The van der Waals surface area contributed by atoms with Gasteiger partial charge in [-0.1, -0.05) is 36.4 Å². The molecule has 1 N–H and O–H groups in total. The van der Waals surface area contributed by atoms with Crippen LogP contribution in [0.5, 0.6) is 0 Å². The minimum atomic E-state index is -0.0387. The van der Waals surface area contributed by atoms with E-state index >= 15 is 0 Å². The Morgan fingerprint density at radius 3 is 2.92 bits per heavy atom. The van der Waals surface area contributed by atoms with E-state index in [0.717, 1.165) is 28.3 Å². The summed E-state index contributed by atoms with van der Waals surface area (Å²) in [7, 11) is 0. The SMILES string of the molecule is Cc1cc(C(=O)N(Cc2cccc3c2SC(=O)C3)CC2CCC2)n[nH]1. The van der Waals surface area contributed by atoms with Crippen molar-refractivity contribution < 1.29 is 9.59 Å². The number of carbonyl (C=O) groups is 2. The van der Waals surface area contributed by atoms with Crippen molar-refractivity contribution in [3.8, 4) is 0 Å². The van der Waals surface area contributed by atoms with E-state index in [4.69, 9.17) is 0 Å². The molecule has 1 saturated carbocycles. The van der Waals surface area contributed by atoms with Gasteiger partial charge in [-0.3, -0.25) is 14.7 Å². The molecule has 2 heterocycles. The zero-order valence-electron chi connectivity index (χ0n) is 14.2. The first-order valence-corrected chi connectivity index (χ1v) is 9.54. The van der Waals surface area contributed by atoms with E-state index in [2.05, 4.69) is 10.2 Å². The van der Waals surface area contributed by atoms with Crippen molar-refractivity contribution in [2.24, 2.45) is 5.92 Å². The Kier molecular flexibility index (Phi) is 4.37. The Hall–Kier alpha value is -2.08. The predicted octanol–water partition coefficient (Wildman–Crippen LogP) is 3.34. The molecular formula is C19H21N3O2S. The summed E-state index contributed by atoms with van der Waals surface area (Å²) < 4.78 is 0. The minimum absolute atomic E-state index is 0.0387. The molecule has 1 aromatic carbocycles. The van der Waals surface area contributed by atoms with Crippen LogP contribution in [-0.4, -0.2) is 32.7 Å². The van der Waals surface area contributed by atoms with Crippen molar-refractivity contribution in [1.29, 1.82) is 0 Å². The van der Waals surface area contributed by atoms with Gasteiger partial charge in [-0.15, -0.1) is 0 Å². The lowest BCUT2D eigenvalue weighted by molar-refractivity contribution is -0.110. The van der Waals surface area contributed by atoms with Crippen LogP contribution in [0, 0.1) is 12.8 Å². The summed E-state index contributed by atoms with van der Waals surface area (Å²) in [5, 5.41) is 7.17. The third kappa shape index (κ3) is 3.35. The number of aromatic nitrogens is 2. The zero-order valence-corrected chi connectivity index (χ0v) is 15.1. The summed E-state index contributed by atoms with van der Waals surface area (Å²) in [5.41, 5.74) is 3.49. The molecule has 130 valence electrons. The maximum absolute atomic E-state index is 13.0. The molecule has 0 bridgehead atoms. The Labute approximate surface area is 151 Å². The van der Waals surface area contributed by atoms with Gasteiger partial charge in [-0.05, 0) is 42.9 Å². The summed E-state index contributed by atoms with van der Waals surface area (Å²) in [6.07, 6.45) is 4.11.